The quantitative estimate of drug-likeness (QED) is 0.152. The van der Waals surface area contributed by atoms with E-state index in [0.717, 1.165) is 38.2 Å². The van der Waals surface area contributed by atoms with Crippen LogP contribution < -0.4 is 0 Å². The van der Waals surface area contributed by atoms with E-state index in [9.17, 15) is 0 Å². The maximum absolute atomic E-state index is 5.48. The first-order valence-electron chi connectivity index (χ1n) is 30.8. The van der Waals surface area contributed by atoms with Gasteiger partial charge in [0.1, 0.15) is 0 Å². The summed E-state index contributed by atoms with van der Waals surface area (Å²) >= 11 is 0. The molecule has 0 radical (unpaired) electrons. The van der Waals surface area contributed by atoms with Gasteiger partial charge in [-0.2, -0.15) is 0 Å². The van der Waals surface area contributed by atoms with E-state index >= 15 is 0 Å². The van der Waals surface area contributed by atoms with Crippen molar-refractivity contribution in [1.82, 2.24) is 19.5 Å². The van der Waals surface area contributed by atoms with Crippen molar-refractivity contribution >= 4 is 43.4 Å². The average Bonchev–Trinajstić information content (AvgIpc) is 1.51. The van der Waals surface area contributed by atoms with Gasteiger partial charge < -0.3 is 4.57 Å². The predicted molar refractivity (Wildman–Crippen MR) is 365 cm³/mol. The minimum absolute atomic E-state index is 0.522. The summed E-state index contributed by atoms with van der Waals surface area (Å²) < 4.78 is 2.58. The van der Waals surface area contributed by atoms with Crippen LogP contribution in [0.3, 0.4) is 0 Å². The number of para-hydroxylation sites is 1. The van der Waals surface area contributed by atoms with Crippen molar-refractivity contribution in [3.05, 3.63) is 360 Å². The lowest BCUT2D eigenvalue weighted by Gasteiger charge is -2.34. The number of hydrogen-bond donors (Lipinski definition) is 0. The summed E-state index contributed by atoms with van der Waals surface area (Å²) in [6, 6.07) is 116. The molecule has 2 aromatic heterocycles. The lowest BCUT2D eigenvalue weighted by atomic mass is 9.67. The zero-order valence-corrected chi connectivity index (χ0v) is 48.3. The molecule has 19 rings (SSSR count). The van der Waals surface area contributed by atoms with Crippen molar-refractivity contribution in [3.63, 3.8) is 0 Å². The molecule has 3 heterocycles. The molecule has 0 saturated heterocycles. The average molecular weight is 1130 g/mol. The highest BCUT2D eigenvalue weighted by molar-refractivity contribution is 6.24. The lowest BCUT2D eigenvalue weighted by molar-refractivity contribution is 0.768. The molecule has 0 spiro atoms. The normalized spacial score (nSPS) is 13.6. The van der Waals surface area contributed by atoms with Gasteiger partial charge in [0, 0.05) is 38.6 Å². The smallest absolute Gasteiger partial charge is 0.164 e. The lowest BCUT2D eigenvalue weighted by Crippen LogP contribution is -2.28. The van der Waals surface area contributed by atoms with E-state index in [1.165, 1.54) is 117 Å². The molecule has 0 amide bonds. The molecule has 2 aliphatic carbocycles. The molecule has 412 valence electrons. The summed E-state index contributed by atoms with van der Waals surface area (Å²) in [5.74, 6) is 1.86. The Balaban J connectivity index is 0.804. The van der Waals surface area contributed by atoms with E-state index in [1.807, 2.05) is 0 Å². The van der Waals surface area contributed by atoms with Crippen LogP contribution in [0.4, 0.5) is 0 Å². The molecule has 14 aromatic carbocycles. The van der Waals surface area contributed by atoms with Gasteiger partial charge in [-0.25, -0.2) is 15.0 Å². The first-order valence-corrected chi connectivity index (χ1v) is 30.8. The van der Waals surface area contributed by atoms with Crippen molar-refractivity contribution in [2.45, 2.75) is 10.8 Å². The van der Waals surface area contributed by atoms with Gasteiger partial charge in [0.25, 0.3) is 0 Å². The van der Waals surface area contributed by atoms with Gasteiger partial charge in [-0.1, -0.05) is 291 Å². The van der Waals surface area contributed by atoms with E-state index in [2.05, 4.69) is 320 Å². The van der Waals surface area contributed by atoms with Gasteiger partial charge in [-0.05, 0) is 124 Å². The maximum Gasteiger partial charge on any atom is 0.164 e. The molecular weight excluding hydrogens is 1080 g/mol. The monoisotopic (exact) mass is 1130 g/mol. The van der Waals surface area contributed by atoms with Crippen LogP contribution in [0.1, 0.15) is 44.5 Å². The van der Waals surface area contributed by atoms with Crippen LogP contribution >= 0.6 is 0 Å². The number of hydrogen-bond acceptors (Lipinski definition) is 3. The van der Waals surface area contributed by atoms with Crippen molar-refractivity contribution < 1.29 is 0 Å². The van der Waals surface area contributed by atoms with Crippen LogP contribution in [-0.2, 0) is 10.8 Å². The van der Waals surface area contributed by atoms with Gasteiger partial charge in [-0.15, -0.1) is 0 Å². The second-order valence-corrected chi connectivity index (χ2v) is 24.0. The van der Waals surface area contributed by atoms with Crippen LogP contribution in [-0.4, -0.2) is 19.5 Å². The summed E-state index contributed by atoms with van der Waals surface area (Å²) in [5, 5.41) is 6.94. The molecule has 0 bridgehead atoms. The van der Waals surface area contributed by atoms with Crippen LogP contribution in [0.2, 0.25) is 0 Å². The second kappa shape index (κ2) is 19.0. The Bertz CT molecular complexity index is 5530. The topological polar surface area (TPSA) is 43.6 Å². The first-order chi connectivity index (χ1) is 44.2. The summed E-state index contributed by atoms with van der Waals surface area (Å²) in [6.07, 6.45) is 0. The molecule has 4 nitrogen and oxygen atoms in total. The Morgan fingerprint density at radius 1 is 0.258 bits per heavy atom. The molecular formula is C85H52N4. The molecule has 4 heteroatoms. The van der Waals surface area contributed by atoms with E-state index in [0.29, 0.717) is 17.5 Å². The number of fused-ring (bicyclic) bond motifs is 11. The minimum atomic E-state index is -0.540. The van der Waals surface area contributed by atoms with Gasteiger partial charge in [0.15, 0.2) is 17.5 Å². The van der Waals surface area contributed by atoms with Crippen LogP contribution in [0.5, 0.6) is 0 Å². The molecule has 89 heavy (non-hydrogen) atoms. The van der Waals surface area contributed by atoms with E-state index in [4.69, 9.17) is 15.0 Å². The molecule has 0 N–H and O–H groups in total. The van der Waals surface area contributed by atoms with E-state index < -0.39 is 10.8 Å². The number of nitrogens with zero attached hydrogens (tertiary/aromatic N) is 4. The van der Waals surface area contributed by atoms with Crippen molar-refractivity contribution in [2.24, 2.45) is 0 Å². The van der Waals surface area contributed by atoms with Crippen LogP contribution in [0.25, 0.3) is 128 Å². The fraction of sp³-hybridized carbons (Fsp3) is 0.0235. The standard InChI is InChI=1S/C85H52N4/c1-5-26-57(27-6-1)84(58-28-7-2-8-29-58)71-41-17-15-35-64(71)70-52-56(46-49-72(70)84)82-86-81(87-83(88-82)68-40-19-24-53-23-13-14-34-61(53)68)55-45-47-62-54(51-55)25-20-37-63(62)66-39-22-44-76-77(66)69-48-50-74-79-78-67(65-36-16-18-43-75(65)89(76)80(69)79)38-21-42-73(78)85(74,59-30-9-3-10-31-59)60-32-11-4-12-33-60/h1-52H. The number of aromatic nitrogens is 4. The Morgan fingerprint density at radius 3 is 1.45 bits per heavy atom. The van der Waals surface area contributed by atoms with E-state index in [-0.39, 0.29) is 0 Å². The Morgan fingerprint density at radius 2 is 0.719 bits per heavy atom. The Labute approximate surface area is 515 Å². The third-order valence-corrected chi connectivity index (χ3v) is 19.7. The van der Waals surface area contributed by atoms with Crippen molar-refractivity contribution in [3.8, 4) is 84.4 Å². The first kappa shape index (κ1) is 49.6. The molecule has 1 aliphatic heterocycles. The second-order valence-electron chi connectivity index (χ2n) is 24.0. The van der Waals surface area contributed by atoms with Gasteiger partial charge in [-0.3, -0.25) is 0 Å². The SMILES string of the molecule is c1ccc(C2(c3ccccc3)c3ccccc3-c3cc(-c4nc(-c5ccc6c(-c7cccc8c7c7ccc9c%10c7n8-c7ccccc7-c7cccc(c7-%10)C9(c7ccccc7)c7ccccc7)cccc6c5)nc(-c5cccc6ccccc56)n4)ccc32)cc1. The fourth-order valence-electron chi connectivity index (χ4n) is 16.2. The van der Waals surface area contributed by atoms with Gasteiger partial charge in [0.2, 0.25) is 0 Å². The van der Waals surface area contributed by atoms with Crippen molar-refractivity contribution in [1.29, 1.82) is 0 Å². The molecule has 3 aliphatic rings. The molecule has 16 aromatic rings. The number of rotatable bonds is 8. The highest BCUT2D eigenvalue weighted by Gasteiger charge is 2.50. The summed E-state index contributed by atoms with van der Waals surface area (Å²) in [4.78, 5) is 16.3. The third kappa shape index (κ3) is 6.86. The highest BCUT2D eigenvalue weighted by Crippen LogP contribution is 2.63. The van der Waals surface area contributed by atoms with Gasteiger partial charge >= 0.3 is 0 Å². The Kier molecular flexibility index (Phi) is 10.6. The molecule has 0 saturated carbocycles. The van der Waals surface area contributed by atoms with Crippen LogP contribution in [0, 0.1) is 0 Å². The van der Waals surface area contributed by atoms with Crippen LogP contribution in [0.15, 0.2) is 315 Å². The zero-order chi connectivity index (χ0) is 58.4. The summed E-state index contributed by atoms with van der Waals surface area (Å²) in [7, 11) is 0. The summed E-state index contributed by atoms with van der Waals surface area (Å²) in [5.41, 5.74) is 25.3. The molecule has 0 fully saturated rings. The predicted octanol–water partition coefficient (Wildman–Crippen LogP) is 20.6. The van der Waals surface area contributed by atoms with Crippen molar-refractivity contribution in [2.75, 3.05) is 0 Å². The zero-order valence-electron chi connectivity index (χ0n) is 48.3. The highest BCUT2D eigenvalue weighted by atomic mass is 15.0. The largest absolute Gasteiger partial charge is 0.308 e. The fourth-order valence-corrected chi connectivity index (χ4v) is 16.2. The maximum atomic E-state index is 5.48. The van der Waals surface area contributed by atoms with Gasteiger partial charge in [0.05, 0.1) is 27.6 Å². The number of benzene rings is 14. The Hall–Kier alpha value is -11.6. The van der Waals surface area contributed by atoms with E-state index in [1.54, 1.807) is 0 Å². The molecule has 0 atom stereocenters. The molecule has 0 unspecified atom stereocenters. The minimum Gasteiger partial charge on any atom is -0.308 e. The summed E-state index contributed by atoms with van der Waals surface area (Å²) in [6.45, 7) is 0. The third-order valence-electron chi connectivity index (χ3n) is 19.7.